The molecular formula is C21H28N4O2. The molecule has 4 rings (SSSR count). The summed E-state index contributed by atoms with van der Waals surface area (Å²) in [6, 6.07) is 8.23. The predicted molar refractivity (Wildman–Crippen MR) is 104 cm³/mol. The number of rotatable bonds is 3. The van der Waals surface area contributed by atoms with E-state index in [2.05, 4.69) is 23.7 Å². The van der Waals surface area contributed by atoms with E-state index in [1.54, 1.807) is 0 Å². The quantitative estimate of drug-likeness (QED) is 0.837. The molecule has 27 heavy (non-hydrogen) atoms. The molecule has 0 saturated carbocycles. The maximum atomic E-state index is 12.9. The van der Waals surface area contributed by atoms with Crippen molar-refractivity contribution < 1.29 is 9.59 Å². The van der Waals surface area contributed by atoms with Gasteiger partial charge < -0.3 is 14.4 Å². The largest absolute Gasteiger partial charge is 0.342 e. The molecule has 6 nitrogen and oxygen atoms in total. The van der Waals surface area contributed by atoms with Gasteiger partial charge in [-0.05, 0) is 38.3 Å². The highest BCUT2D eigenvalue weighted by Gasteiger charge is 2.34. The summed E-state index contributed by atoms with van der Waals surface area (Å²) < 4.78 is 2.20. The molecule has 0 N–H and O–H groups in total. The summed E-state index contributed by atoms with van der Waals surface area (Å²) in [5, 5.41) is 0. The zero-order valence-corrected chi connectivity index (χ0v) is 16.2. The van der Waals surface area contributed by atoms with Crippen molar-refractivity contribution in [1.82, 2.24) is 19.4 Å². The number of carbonyl (C=O) groups excluding carboxylic acids is 2. The van der Waals surface area contributed by atoms with Crippen LogP contribution in [0.25, 0.3) is 11.0 Å². The van der Waals surface area contributed by atoms with Crippen LogP contribution in [0.2, 0.25) is 0 Å². The second kappa shape index (κ2) is 7.33. The number of aryl methyl sites for hydroxylation is 1. The van der Waals surface area contributed by atoms with Gasteiger partial charge in [0.05, 0.1) is 17.0 Å². The number of para-hydroxylation sites is 2. The van der Waals surface area contributed by atoms with Crippen LogP contribution < -0.4 is 0 Å². The number of carbonyl (C=O) groups is 2. The van der Waals surface area contributed by atoms with E-state index in [-0.39, 0.29) is 17.7 Å². The monoisotopic (exact) mass is 368 g/mol. The van der Waals surface area contributed by atoms with Crippen LogP contribution >= 0.6 is 0 Å². The van der Waals surface area contributed by atoms with Crippen molar-refractivity contribution in [1.29, 1.82) is 0 Å². The molecule has 2 aliphatic heterocycles. The van der Waals surface area contributed by atoms with Gasteiger partial charge in [-0.15, -0.1) is 0 Å². The van der Waals surface area contributed by atoms with Gasteiger partial charge in [-0.3, -0.25) is 9.59 Å². The Bertz CT molecular complexity index is 851. The molecule has 0 radical (unpaired) electrons. The topological polar surface area (TPSA) is 58.4 Å². The Hall–Kier alpha value is -2.37. The maximum Gasteiger partial charge on any atom is 0.227 e. The SMILES string of the molecule is CCN1CC(C(=O)N2CCC(c3nc4ccccc4n3C)CC2)CCC1=O. The van der Waals surface area contributed by atoms with Gasteiger partial charge in [0, 0.05) is 45.6 Å². The van der Waals surface area contributed by atoms with E-state index in [1.165, 1.54) is 0 Å². The number of hydrogen-bond donors (Lipinski definition) is 0. The lowest BCUT2D eigenvalue weighted by Crippen LogP contribution is -2.48. The van der Waals surface area contributed by atoms with Gasteiger partial charge in [-0.2, -0.15) is 0 Å². The van der Waals surface area contributed by atoms with E-state index in [9.17, 15) is 9.59 Å². The van der Waals surface area contributed by atoms with Crippen LogP contribution in [0.1, 0.15) is 44.3 Å². The van der Waals surface area contributed by atoms with Crippen LogP contribution in [-0.4, -0.2) is 57.3 Å². The van der Waals surface area contributed by atoms with Crippen molar-refractivity contribution in [2.45, 2.75) is 38.5 Å². The smallest absolute Gasteiger partial charge is 0.227 e. The van der Waals surface area contributed by atoms with E-state index in [0.29, 0.717) is 31.8 Å². The normalized spacial score (nSPS) is 21.9. The first-order valence-electron chi connectivity index (χ1n) is 10.1. The molecule has 144 valence electrons. The molecule has 1 unspecified atom stereocenters. The minimum Gasteiger partial charge on any atom is -0.342 e. The van der Waals surface area contributed by atoms with Gasteiger partial charge in [-0.1, -0.05) is 12.1 Å². The fourth-order valence-electron chi connectivity index (χ4n) is 4.57. The number of benzene rings is 1. The Kier molecular flexibility index (Phi) is 4.89. The number of fused-ring (bicyclic) bond motifs is 1. The summed E-state index contributed by atoms with van der Waals surface area (Å²) in [6.07, 6.45) is 3.09. The summed E-state index contributed by atoms with van der Waals surface area (Å²) in [4.78, 5) is 33.5. The molecule has 0 aliphatic carbocycles. The molecule has 0 spiro atoms. The second-order valence-electron chi connectivity index (χ2n) is 7.79. The van der Waals surface area contributed by atoms with E-state index in [0.717, 1.165) is 42.8 Å². The summed E-state index contributed by atoms with van der Waals surface area (Å²) in [6.45, 7) is 4.82. The molecule has 2 amide bonds. The van der Waals surface area contributed by atoms with Gasteiger partial charge >= 0.3 is 0 Å². The summed E-state index contributed by atoms with van der Waals surface area (Å²) in [7, 11) is 2.08. The Morgan fingerprint density at radius 2 is 1.93 bits per heavy atom. The highest BCUT2D eigenvalue weighted by Crippen LogP contribution is 2.31. The molecule has 3 heterocycles. The minimum absolute atomic E-state index is 0.0325. The van der Waals surface area contributed by atoms with Crippen molar-refractivity contribution in [2.75, 3.05) is 26.2 Å². The first kappa shape index (κ1) is 18.0. The van der Waals surface area contributed by atoms with E-state index in [1.807, 2.05) is 28.9 Å². The standard InChI is InChI=1S/C21H28N4O2/c1-3-24-14-16(8-9-19(24)26)21(27)25-12-10-15(11-13-25)20-22-17-6-4-5-7-18(17)23(20)2/h4-7,15-16H,3,8-14H2,1-2H3. The molecule has 2 saturated heterocycles. The number of imidazole rings is 1. The van der Waals surface area contributed by atoms with E-state index >= 15 is 0 Å². The summed E-state index contributed by atoms with van der Waals surface area (Å²) >= 11 is 0. The second-order valence-corrected chi connectivity index (χ2v) is 7.79. The van der Waals surface area contributed by atoms with Crippen LogP contribution in [0, 0.1) is 5.92 Å². The molecule has 1 atom stereocenters. The molecular weight excluding hydrogens is 340 g/mol. The summed E-state index contributed by atoms with van der Waals surface area (Å²) in [5.41, 5.74) is 2.21. The third-order valence-corrected chi connectivity index (χ3v) is 6.22. The van der Waals surface area contributed by atoms with Gasteiger partial charge in [0.15, 0.2) is 0 Å². The number of likely N-dealkylation sites (tertiary alicyclic amines) is 2. The van der Waals surface area contributed by atoms with E-state index < -0.39 is 0 Å². The molecule has 1 aromatic heterocycles. The lowest BCUT2D eigenvalue weighted by atomic mass is 9.92. The van der Waals surface area contributed by atoms with Gasteiger partial charge in [-0.25, -0.2) is 4.98 Å². The van der Waals surface area contributed by atoms with Crippen molar-refractivity contribution >= 4 is 22.8 Å². The number of piperidine rings is 2. The van der Waals surface area contributed by atoms with Crippen LogP contribution in [-0.2, 0) is 16.6 Å². The lowest BCUT2D eigenvalue weighted by molar-refractivity contribution is -0.143. The summed E-state index contributed by atoms with van der Waals surface area (Å²) in [5.74, 6) is 1.90. The molecule has 2 aliphatic rings. The van der Waals surface area contributed by atoms with Crippen LogP contribution in [0.5, 0.6) is 0 Å². The molecule has 2 fully saturated rings. The van der Waals surface area contributed by atoms with Crippen LogP contribution in [0.4, 0.5) is 0 Å². The van der Waals surface area contributed by atoms with Gasteiger partial charge in [0.1, 0.15) is 5.82 Å². The maximum absolute atomic E-state index is 12.9. The zero-order valence-electron chi connectivity index (χ0n) is 16.2. The van der Waals surface area contributed by atoms with Crippen molar-refractivity contribution in [3.63, 3.8) is 0 Å². The van der Waals surface area contributed by atoms with E-state index in [4.69, 9.17) is 4.98 Å². The number of amides is 2. The average molecular weight is 368 g/mol. The fourth-order valence-corrected chi connectivity index (χ4v) is 4.57. The molecule has 2 aromatic rings. The third kappa shape index (κ3) is 3.33. The molecule has 6 heteroatoms. The number of aromatic nitrogens is 2. The first-order chi connectivity index (χ1) is 13.1. The predicted octanol–water partition coefficient (Wildman–Crippen LogP) is 2.54. The lowest BCUT2D eigenvalue weighted by Gasteiger charge is -2.37. The van der Waals surface area contributed by atoms with Crippen molar-refractivity contribution in [3.05, 3.63) is 30.1 Å². The van der Waals surface area contributed by atoms with Crippen LogP contribution in [0.15, 0.2) is 24.3 Å². The zero-order chi connectivity index (χ0) is 19.0. The van der Waals surface area contributed by atoms with Gasteiger partial charge in [0.25, 0.3) is 0 Å². The average Bonchev–Trinajstić information content (AvgIpc) is 3.05. The fraction of sp³-hybridized carbons (Fsp3) is 0.571. The Balaban J connectivity index is 1.40. The number of hydrogen-bond acceptors (Lipinski definition) is 3. The Morgan fingerprint density at radius 3 is 2.63 bits per heavy atom. The van der Waals surface area contributed by atoms with Gasteiger partial charge in [0.2, 0.25) is 11.8 Å². The Labute approximate surface area is 160 Å². The van der Waals surface area contributed by atoms with Crippen molar-refractivity contribution in [3.8, 4) is 0 Å². The molecule has 0 bridgehead atoms. The third-order valence-electron chi connectivity index (χ3n) is 6.22. The highest BCUT2D eigenvalue weighted by molar-refractivity contribution is 5.84. The first-order valence-corrected chi connectivity index (χ1v) is 10.1. The highest BCUT2D eigenvalue weighted by atomic mass is 16.2. The molecule has 1 aromatic carbocycles. The number of nitrogens with zero attached hydrogens (tertiary/aromatic N) is 4. The Morgan fingerprint density at radius 1 is 1.19 bits per heavy atom. The minimum atomic E-state index is -0.0325. The van der Waals surface area contributed by atoms with Crippen LogP contribution in [0.3, 0.4) is 0 Å². The van der Waals surface area contributed by atoms with Crippen molar-refractivity contribution in [2.24, 2.45) is 13.0 Å².